The summed E-state index contributed by atoms with van der Waals surface area (Å²) in [4.78, 5) is 22.5. The van der Waals surface area contributed by atoms with Crippen LogP contribution in [0.1, 0.15) is 44.1 Å². The maximum atomic E-state index is 12.3. The average Bonchev–Trinajstić information content (AvgIpc) is 3.12. The molecule has 0 fully saturated rings. The van der Waals surface area contributed by atoms with E-state index in [-0.39, 0.29) is 17.6 Å². The quantitative estimate of drug-likeness (QED) is 0.644. The summed E-state index contributed by atoms with van der Waals surface area (Å²) >= 11 is 0. The highest BCUT2D eigenvalue weighted by Gasteiger charge is 2.22. The van der Waals surface area contributed by atoms with Crippen molar-refractivity contribution >= 4 is 11.6 Å². The molecule has 9 heteroatoms. The van der Waals surface area contributed by atoms with Crippen molar-refractivity contribution in [3.8, 4) is 0 Å². The summed E-state index contributed by atoms with van der Waals surface area (Å²) < 4.78 is 3.09. The highest BCUT2D eigenvalue weighted by Crippen LogP contribution is 2.18. The van der Waals surface area contributed by atoms with Gasteiger partial charge in [-0.25, -0.2) is 0 Å². The van der Waals surface area contributed by atoms with E-state index in [1.54, 1.807) is 6.92 Å². The van der Waals surface area contributed by atoms with Crippen LogP contribution in [0.5, 0.6) is 0 Å². The number of nitro groups is 1. The van der Waals surface area contributed by atoms with Gasteiger partial charge in [0.15, 0.2) is 0 Å². The van der Waals surface area contributed by atoms with Crippen molar-refractivity contribution in [3.05, 3.63) is 40.0 Å². The van der Waals surface area contributed by atoms with E-state index >= 15 is 0 Å². The van der Waals surface area contributed by atoms with Crippen molar-refractivity contribution in [1.82, 2.24) is 24.9 Å². The number of aryl methyl sites for hydroxylation is 2. The van der Waals surface area contributed by atoms with Crippen LogP contribution in [-0.4, -0.2) is 30.4 Å². The Bertz CT molecular complexity index is 720. The van der Waals surface area contributed by atoms with E-state index in [0.29, 0.717) is 0 Å². The molecule has 9 nitrogen and oxygen atoms in total. The van der Waals surface area contributed by atoms with Crippen molar-refractivity contribution in [2.75, 3.05) is 0 Å². The third-order valence-electron chi connectivity index (χ3n) is 3.71. The third-order valence-corrected chi connectivity index (χ3v) is 3.71. The lowest BCUT2D eigenvalue weighted by atomic mass is 10.1. The lowest BCUT2D eigenvalue weighted by Crippen LogP contribution is -2.33. The van der Waals surface area contributed by atoms with Gasteiger partial charge in [0.1, 0.15) is 18.4 Å². The fourth-order valence-corrected chi connectivity index (χ4v) is 2.29. The third kappa shape index (κ3) is 3.55. The molecule has 0 aliphatic carbocycles. The summed E-state index contributed by atoms with van der Waals surface area (Å²) in [7, 11) is 0. The summed E-state index contributed by atoms with van der Waals surface area (Å²) in [5.41, 5.74) is 1.67. The molecule has 1 amide bonds. The van der Waals surface area contributed by atoms with Gasteiger partial charge >= 0.3 is 5.69 Å². The molecule has 0 aromatic carbocycles. The number of amides is 1. The van der Waals surface area contributed by atoms with E-state index < -0.39 is 11.0 Å². The minimum Gasteiger partial charge on any atom is -0.348 e. The lowest BCUT2D eigenvalue weighted by molar-refractivity contribution is -0.385. The van der Waals surface area contributed by atoms with Crippen LogP contribution in [0.25, 0.3) is 0 Å². The molecule has 1 N–H and O–H groups in total. The molecular formula is C14H20N6O3. The Morgan fingerprint density at radius 2 is 2.13 bits per heavy atom. The van der Waals surface area contributed by atoms with Crippen molar-refractivity contribution in [2.24, 2.45) is 0 Å². The SMILES string of the molecule is CCn1cc(C(C)NC(=O)C(C)n2cc([N+](=O)[O-])cn2)c(C)n1. The minimum absolute atomic E-state index is 0.141. The van der Waals surface area contributed by atoms with Gasteiger partial charge in [-0.15, -0.1) is 0 Å². The molecule has 23 heavy (non-hydrogen) atoms. The van der Waals surface area contributed by atoms with Crippen molar-refractivity contribution in [3.63, 3.8) is 0 Å². The predicted molar refractivity (Wildman–Crippen MR) is 82.8 cm³/mol. The van der Waals surface area contributed by atoms with Crippen LogP contribution in [-0.2, 0) is 11.3 Å². The molecule has 0 aliphatic rings. The molecule has 2 heterocycles. The first kappa shape index (κ1) is 16.7. The number of carbonyl (C=O) groups is 1. The van der Waals surface area contributed by atoms with Gasteiger partial charge in [0.25, 0.3) is 0 Å². The van der Waals surface area contributed by atoms with Crippen LogP contribution in [0.2, 0.25) is 0 Å². The van der Waals surface area contributed by atoms with E-state index in [2.05, 4.69) is 15.5 Å². The maximum Gasteiger partial charge on any atom is 0.307 e. The van der Waals surface area contributed by atoms with E-state index in [9.17, 15) is 14.9 Å². The van der Waals surface area contributed by atoms with Crippen LogP contribution < -0.4 is 5.32 Å². The molecule has 2 unspecified atom stereocenters. The van der Waals surface area contributed by atoms with Crippen molar-refractivity contribution < 1.29 is 9.72 Å². The zero-order valence-electron chi connectivity index (χ0n) is 13.6. The highest BCUT2D eigenvalue weighted by atomic mass is 16.6. The normalized spacial score (nSPS) is 13.6. The number of nitrogens with zero attached hydrogens (tertiary/aromatic N) is 5. The number of rotatable bonds is 6. The zero-order valence-corrected chi connectivity index (χ0v) is 13.6. The Labute approximate surface area is 133 Å². The van der Waals surface area contributed by atoms with E-state index in [1.165, 1.54) is 10.9 Å². The van der Waals surface area contributed by atoms with Crippen LogP contribution in [0.4, 0.5) is 5.69 Å². The Morgan fingerprint density at radius 1 is 1.43 bits per heavy atom. The van der Waals surface area contributed by atoms with E-state index in [4.69, 9.17) is 0 Å². The smallest absolute Gasteiger partial charge is 0.307 e. The van der Waals surface area contributed by atoms with Crippen LogP contribution in [0.15, 0.2) is 18.6 Å². The highest BCUT2D eigenvalue weighted by molar-refractivity contribution is 5.80. The molecule has 2 atom stereocenters. The van der Waals surface area contributed by atoms with Gasteiger partial charge in [0.05, 0.1) is 16.7 Å². The van der Waals surface area contributed by atoms with Gasteiger partial charge in [-0.1, -0.05) is 0 Å². The predicted octanol–water partition coefficient (Wildman–Crippen LogP) is 1.75. The van der Waals surface area contributed by atoms with Crippen molar-refractivity contribution in [1.29, 1.82) is 0 Å². The minimum atomic E-state index is -0.646. The van der Waals surface area contributed by atoms with Gasteiger partial charge < -0.3 is 5.32 Å². The second kappa shape index (κ2) is 6.59. The van der Waals surface area contributed by atoms with E-state index in [1.807, 2.05) is 31.6 Å². The average molecular weight is 320 g/mol. The van der Waals surface area contributed by atoms with Gasteiger partial charge in [0, 0.05) is 18.3 Å². The first-order valence-corrected chi connectivity index (χ1v) is 7.36. The Kier molecular flexibility index (Phi) is 4.77. The van der Waals surface area contributed by atoms with Crippen LogP contribution >= 0.6 is 0 Å². The molecule has 0 bridgehead atoms. The van der Waals surface area contributed by atoms with Crippen LogP contribution in [0.3, 0.4) is 0 Å². The molecule has 2 aromatic rings. The summed E-state index contributed by atoms with van der Waals surface area (Å²) in [5.74, 6) is -0.265. The second-order valence-electron chi connectivity index (χ2n) is 5.37. The van der Waals surface area contributed by atoms with Crippen LogP contribution in [0, 0.1) is 17.0 Å². The first-order valence-electron chi connectivity index (χ1n) is 7.36. The number of hydrogen-bond donors (Lipinski definition) is 1. The topological polar surface area (TPSA) is 108 Å². The molecule has 0 spiro atoms. The molecule has 0 aliphatic heterocycles. The van der Waals surface area contributed by atoms with Gasteiger partial charge in [-0.3, -0.25) is 24.3 Å². The van der Waals surface area contributed by atoms with Gasteiger partial charge in [-0.05, 0) is 27.7 Å². The fraction of sp³-hybridized carbons (Fsp3) is 0.500. The Hall–Kier alpha value is -2.71. The largest absolute Gasteiger partial charge is 0.348 e. The lowest BCUT2D eigenvalue weighted by Gasteiger charge is -2.17. The summed E-state index contributed by atoms with van der Waals surface area (Å²) in [6.07, 6.45) is 4.28. The van der Waals surface area contributed by atoms with Crippen molar-refractivity contribution in [2.45, 2.75) is 46.3 Å². The number of carbonyl (C=O) groups excluding carboxylic acids is 1. The summed E-state index contributed by atoms with van der Waals surface area (Å²) in [6.45, 7) is 8.16. The molecule has 2 aromatic heterocycles. The maximum absolute atomic E-state index is 12.3. The van der Waals surface area contributed by atoms with Gasteiger partial charge in [-0.2, -0.15) is 10.2 Å². The molecular weight excluding hydrogens is 300 g/mol. The number of nitrogens with one attached hydrogen (secondary N) is 1. The summed E-state index contributed by atoms with van der Waals surface area (Å²) in [6, 6.07) is -0.858. The number of aromatic nitrogens is 4. The molecule has 2 rings (SSSR count). The Balaban J connectivity index is 2.07. The zero-order chi connectivity index (χ0) is 17.1. The van der Waals surface area contributed by atoms with Gasteiger partial charge in [0.2, 0.25) is 5.91 Å². The molecule has 124 valence electrons. The second-order valence-corrected chi connectivity index (χ2v) is 5.37. The standard InChI is InChI=1S/C14H20N6O3/c1-5-18-8-13(10(3)17-18)9(2)16-14(21)11(4)19-7-12(6-15-19)20(22)23/h6-9,11H,5H2,1-4H3,(H,16,21). The first-order chi connectivity index (χ1) is 10.8. The Morgan fingerprint density at radius 3 is 2.65 bits per heavy atom. The number of hydrogen-bond acceptors (Lipinski definition) is 5. The summed E-state index contributed by atoms with van der Waals surface area (Å²) in [5, 5.41) is 21.8. The molecule has 0 saturated carbocycles. The monoisotopic (exact) mass is 320 g/mol. The molecule has 0 radical (unpaired) electrons. The molecule has 0 saturated heterocycles. The van der Waals surface area contributed by atoms with E-state index in [0.717, 1.165) is 24.0 Å². The fourth-order valence-electron chi connectivity index (χ4n) is 2.29.